The number of nitrogens with zero attached hydrogens (tertiary/aromatic N) is 1. The standard InChI is InChI=1S/C26H31BrN2O3S/c1-14-13-28-25(33-14)29-21(30)9-8-20-22-19-6-4-15-12-16(32-3)5-7-17(15)18(19)10-11-26(22,2)24(31)23(20)27/h5,7,12-13,18-20,22-23H,4,6,8-11H2,1-3H3,(H,28,29,30)/t18?,19?,20-,22?,23?,26-/m0/s1. The summed E-state index contributed by atoms with van der Waals surface area (Å²) in [5.74, 6) is 2.69. The summed E-state index contributed by atoms with van der Waals surface area (Å²) in [6.07, 6.45) is 7.00. The average Bonchev–Trinajstić information content (AvgIpc) is 3.30. The number of ketones is 1. The maximum Gasteiger partial charge on any atom is 0.226 e. The number of ether oxygens (including phenoxy) is 1. The van der Waals surface area contributed by atoms with Crippen molar-refractivity contribution in [1.29, 1.82) is 0 Å². The quantitative estimate of drug-likeness (QED) is 0.488. The van der Waals surface area contributed by atoms with E-state index in [0.717, 1.165) is 42.7 Å². The minimum absolute atomic E-state index is 0.0152. The Morgan fingerprint density at radius 3 is 2.91 bits per heavy atom. The lowest BCUT2D eigenvalue weighted by molar-refractivity contribution is -0.129. The summed E-state index contributed by atoms with van der Waals surface area (Å²) in [5.41, 5.74) is 2.54. The number of halogens is 1. The van der Waals surface area contributed by atoms with Crippen LogP contribution in [0.25, 0.3) is 0 Å². The topological polar surface area (TPSA) is 68.3 Å². The van der Waals surface area contributed by atoms with Gasteiger partial charge in [-0.3, -0.25) is 9.59 Å². The maximum atomic E-state index is 13.4. The summed E-state index contributed by atoms with van der Waals surface area (Å²) in [5, 5.41) is 3.58. The highest BCUT2D eigenvalue weighted by Crippen LogP contribution is 2.63. The molecule has 4 unspecified atom stereocenters. The molecule has 0 bridgehead atoms. The molecule has 0 spiro atoms. The van der Waals surface area contributed by atoms with E-state index in [4.69, 9.17) is 4.74 Å². The molecular formula is C26H31BrN2O3S. The van der Waals surface area contributed by atoms with Crippen LogP contribution in [-0.4, -0.2) is 28.6 Å². The van der Waals surface area contributed by atoms with E-state index in [-0.39, 0.29) is 22.1 Å². The van der Waals surface area contributed by atoms with Gasteiger partial charge in [-0.15, -0.1) is 11.3 Å². The number of fused-ring (bicyclic) bond motifs is 5. The first kappa shape index (κ1) is 23.0. The van der Waals surface area contributed by atoms with Gasteiger partial charge in [-0.05, 0) is 86.0 Å². The van der Waals surface area contributed by atoms with Gasteiger partial charge < -0.3 is 10.1 Å². The van der Waals surface area contributed by atoms with Gasteiger partial charge in [-0.25, -0.2) is 4.98 Å². The summed E-state index contributed by atoms with van der Waals surface area (Å²) < 4.78 is 5.45. The van der Waals surface area contributed by atoms with Crippen LogP contribution in [0.2, 0.25) is 0 Å². The normalized spacial score (nSPS) is 32.6. The number of methoxy groups -OCH3 is 1. The minimum atomic E-state index is -0.299. The fourth-order valence-corrected chi connectivity index (χ4v) is 8.72. The Morgan fingerprint density at radius 2 is 2.18 bits per heavy atom. The molecule has 3 aliphatic rings. The van der Waals surface area contributed by atoms with Crippen molar-refractivity contribution in [2.24, 2.45) is 23.2 Å². The van der Waals surface area contributed by atoms with Crippen molar-refractivity contribution < 1.29 is 14.3 Å². The molecule has 0 aliphatic heterocycles. The van der Waals surface area contributed by atoms with E-state index in [9.17, 15) is 9.59 Å². The predicted octanol–water partition coefficient (Wildman–Crippen LogP) is 5.90. The summed E-state index contributed by atoms with van der Waals surface area (Å²) in [4.78, 5) is 31.2. The van der Waals surface area contributed by atoms with Crippen molar-refractivity contribution in [2.45, 2.75) is 63.1 Å². The Balaban J connectivity index is 1.36. The molecule has 1 amide bonds. The smallest absolute Gasteiger partial charge is 0.226 e. The molecule has 1 N–H and O–H groups in total. The Morgan fingerprint density at radius 1 is 1.36 bits per heavy atom. The monoisotopic (exact) mass is 530 g/mol. The number of hydrogen-bond donors (Lipinski definition) is 1. The average molecular weight is 532 g/mol. The Labute approximate surface area is 207 Å². The number of carbonyl (C=O) groups is 2. The van der Waals surface area contributed by atoms with Gasteiger partial charge in [-0.1, -0.05) is 28.9 Å². The molecule has 0 saturated heterocycles. The molecule has 0 radical (unpaired) electrons. The number of alkyl halides is 1. The predicted molar refractivity (Wildman–Crippen MR) is 134 cm³/mol. The first-order chi connectivity index (χ1) is 15.8. The number of thiazole rings is 1. The number of benzene rings is 1. The highest BCUT2D eigenvalue weighted by molar-refractivity contribution is 9.10. The zero-order chi connectivity index (χ0) is 23.3. The zero-order valence-corrected chi connectivity index (χ0v) is 21.8. The second-order valence-corrected chi connectivity index (χ2v) is 12.4. The van der Waals surface area contributed by atoms with E-state index in [1.165, 1.54) is 22.5 Å². The van der Waals surface area contributed by atoms with Crippen molar-refractivity contribution in [1.82, 2.24) is 4.98 Å². The number of carbonyl (C=O) groups excluding carboxylic acids is 2. The van der Waals surface area contributed by atoms with Crippen LogP contribution in [-0.2, 0) is 16.0 Å². The lowest BCUT2D eigenvalue weighted by atomic mass is 9.54. The third kappa shape index (κ3) is 3.95. The summed E-state index contributed by atoms with van der Waals surface area (Å²) in [6, 6.07) is 6.51. The third-order valence-electron chi connectivity index (χ3n) is 8.41. The molecule has 2 saturated carbocycles. The summed E-state index contributed by atoms with van der Waals surface area (Å²) in [7, 11) is 1.72. The lowest BCUT2D eigenvalue weighted by Gasteiger charge is -2.49. The molecule has 3 aliphatic carbocycles. The van der Waals surface area contributed by atoms with Crippen LogP contribution in [0.4, 0.5) is 5.13 Å². The molecule has 33 heavy (non-hydrogen) atoms. The fourth-order valence-electron chi connectivity index (χ4n) is 6.92. The van der Waals surface area contributed by atoms with Crippen molar-refractivity contribution >= 4 is 44.1 Å². The van der Waals surface area contributed by atoms with Crippen LogP contribution in [0.3, 0.4) is 0 Å². The first-order valence-corrected chi connectivity index (χ1v) is 13.6. The van der Waals surface area contributed by atoms with Gasteiger partial charge in [0.05, 0.1) is 11.9 Å². The molecule has 5 nitrogen and oxygen atoms in total. The number of nitrogens with one attached hydrogen (secondary N) is 1. The van der Waals surface area contributed by atoms with E-state index in [1.807, 2.05) is 6.92 Å². The number of anilines is 1. The SMILES string of the molecule is COc1ccc2c(c1)CCC1C2CC[C@]2(C)C(=O)C(Br)[C@@H](CCC(=O)Nc3ncc(C)s3)C12. The molecule has 1 heterocycles. The van der Waals surface area contributed by atoms with Crippen LogP contribution in [0.5, 0.6) is 5.75 Å². The number of amides is 1. The van der Waals surface area contributed by atoms with E-state index in [1.54, 1.807) is 13.3 Å². The van der Waals surface area contributed by atoms with Gasteiger partial charge in [0.25, 0.3) is 0 Å². The molecule has 2 fully saturated rings. The summed E-state index contributed by atoms with van der Waals surface area (Å²) in [6.45, 7) is 4.16. The largest absolute Gasteiger partial charge is 0.497 e. The van der Waals surface area contributed by atoms with Crippen molar-refractivity contribution in [2.75, 3.05) is 12.4 Å². The number of Topliss-reactive ketones (excluding diaryl/α,β-unsaturated/α-hetero) is 1. The molecule has 1 aromatic heterocycles. The Bertz CT molecular complexity index is 1090. The molecule has 7 heteroatoms. The van der Waals surface area contributed by atoms with Gasteiger partial charge in [-0.2, -0.15) is 0 Å². The van der Waals surface area contributed by atoms with Crippen molar-refractivity contribution in [3.05, 3.63) is 40.4 Å². The zero-order valence-electron chi connectivity index (χ0n) is 19.4. The van der Waals surface area contributed by atoms with Crippen LogP contribution in [0, 0.1) is 30.1 Å². The van der Waals surface area contributed by atoms with Gasteiger partial charge in [0.15, 0.2) is 10.9 Å². The highest BCUT2D eigenvalue weighted by atomic mass is 79.9. The van der Waals surface area contributed by atoms with Crippen LogP contribution >= 0.6 is 27.3 Å². The Kier molecular flexibility index (Phi) is 6.15. The van der Waals surface area contributed by atoms with Crippen LogP contribution < -0.4 is 10.1 Å². The fraction of sp³-hybridized carbons (Fsp3) is 0.577. The van der Waals surface area contributed by atoms with Crippen LogP contribution in [0.1, 0.15) is 60.9 Å². The maximum absolute atomic E-state index is 13.4. The van der Waals surface area contributed by atoms with Gasteiger partial charge >= 0.3 is 0 Å². The third-order valence-corrected chi connectivity index (χ3v) is 10.3. The molecule has 5 rings (SSSR count). The molecule has 1 aromatic carbocycles. The second kappa shape index (κ2) is 8.81. The number of aromatic nitrogens is 1. The van der Waals surface area contributed by atoms with E-state index >= 15 is 0 Å². The second-order valence-electron chi connectivity index (χ2n) is 10.1. The van der Waals surface area contributed by atoms with E-state index in [2.05, 4.69) is 51.4 Å². The van der Waals surface area contributed by atoms with E-state index < -0.39 is 0 Å². The molecule has 6 atom stereocenters. The van der Waals surface area contributed by atoms with Gasteiger partial charge in [0.1, 0.15) is 5.75 Å². The summed E-state index contributed by atoms with van der Waals surface area (Å²) >= 11 is 5.26. The van der Waals surface area contributed by atoms with E-state index in [0.29, 0.717) is 35.1 Å². The Hall–Kier alpha value is -1.73. The molecule has 176 valence electrons. The van der Waals surface area contributed by atoms with Crippen LogP contribution in [0.15, 0.2) is 24.4 Å². The first-order valence-electron chi connectivity index (χ1n) is 11.9. The molecule has 2 aromatic rings. The number of rotatable bonds is 5. The highest BCUT2D eigenvalue weighted by Gasteiger charge is 2.61. The number of hydrogen-bond acceptors (Lipinski definition) is 5. The molecular weight excluding hydrogens is 500 g/mol. The van der Waals surface area contributed by atoms with Crippen molar-refractivity contribution in [3.63, 3.8) is 0 Å². The van der Waals surface area contributed by atoms with Gasteiger partial charge in [0.2, 0.25) is 5.91 Å². The number of aryl methyl sites for hydroxylation is 2. The lowest BCUT2D eigenvalue weighted by Crippen LogP contribution is -2.44. The van der Waals surface area contributed by atoms with Gasteiger partial charge in [0, 0.05) is 22.9 Å². The van der Waals surface area contributed by atoms with Crippen molar-refractivity contribution in [3.8, 4) is 5.75 Å². The minimum Gasteiger partial charge on any atom is -0.497 e.